The average molecular weight is 205 g/mol. The van der Waals surface area contributed by atoms with Crippen LogP contribution in [0.5, 0.6) is 0 Å². The lowest BCUT2D eigenvalue weighted by atomic mass is 9.96. The molecule has 1 aliphatic rings. The number of hydrogen-bond donors (Lipinski definition) is 1. The van der Waals surface area contributed by atoms with Crippen LogP contribution in [0.2, 0.25) is 0 Å². The van der Waals surface area contributed by atoms with Crippen LogP contribution in [0, 0.1) is 11.8 Å². The number of aliphatic hydroxyl groups is 1. The Morgan fingerprint density at radius 3 is 2.77 bits per heavy atom. The number of halogens is 1. The number of hydrogen-bond acceptors (Lipinski definition) is 1. The van der Waals surface area contributed by atoms with Crippen LogP contribution >= 0.6 is 11.6 Å². The summed E-state index contributed by atoms with van der Waals surface area (Å²) >= 11 is 5.73. The molecule has 0 amide bonds. The highest BCUT2D eigenvalue weighted by atomic mass is 35.5. The minimum absolute atomic E-state index is 0.00805. The molecule has 0 bridgehead atoms. The van der Waals surface area contributed by atoms with Crippen molar-refractivity contribution in [2.75, 3.05) is 5.88 Å². The van der Waals surface area contributed by atoms with Crippen LogP contribution in [0.3, 0.4) is 0 Å². The fourth-order valence-corrected chi connectivity index (χ4v) is 2.31. The first-order valence-electron chi connectivity index (χ1n) is 5.48. The van der Waals surface area contributed by atoms with Crippen molar-refractivity contribution >= 4 is 11.6 Å². The van der Waals surface area contributed by atoms with Crippen molar-refractivity contribution in [2.45, 2.75) is 51.6 Å². The molecule has 3 unspecified atom stereocenters. The molecule has 13 heavy (non-hydrogen) atoms. The van der Waals surface area contributed by atoms with Crippen molar-refractivity contribution < 1.29 is 5.11 Å². The van der Waals surface area contributed by atoms with Gasteiger partial charge in [0.25, 0.3) is 0 Å². The molecule has 1 N–H and O–H groups in total. The fraction of sp³-hybridized carbons (Fsp3) is 1.00. The Morgan fingerprint density at radius 2 is 2.23 bits per heavy atom. The zero-order valence-corrected chi connectivity index (χ0v) is 9.26. The van der Waals surface area contributed by atoms with Gasteiger partial charge < -0.3 is 5.11 Å². The van der Waals surface area contributed by atoms with E-state index in [1.807, 2.05) is 0 Å². The standard InChI is InChI=1S/C11H21ClO/c1-9(8-12)4-2-5-10-6-3-7-11(10)13/h9-11,13H,2-8H2,1H3. The van der Waals surface area contributed by atoms with Crippen molar-refractivity contribution in [2.24, 2.45) is 11.8 Å². The molecule has 0 radical (unpaired) electrons. The van der Waals surface area contributed by atoms with Crippen molar-refractivity contribution in [1.82, 2.24) is 0 Å². The van der Waals surface area contributed by atoms with Gasteiger partial charge in [-0.3, -0.25) is 0 Å². The fourth-order valence-electron chi connectivity index (χ4n) is 2.16. The number of alkyl halides is 1. The van der Waals surface area contributed by atoms with Gasteiger partial charge in [-0.05, 0) is 37.5 Å². The highest BCUT2D eigenvalue weighted by Gasteiger charge is 2.24. The molecule has 0 aromatic carbocycles. The molecule has 1 fully saturated rings. The molecule has 1 aliphatic carbocycles. The maximum absolute atomic E-state index is 9.59. The molecule has 0 saturated heterocycles. The van der Waals surface area contributed by atoms with E-state index in [4.69, 9.17) is 11.6 Å². The van der Waals surface area contributed by atoms with E-state index in [2.05, 4.69) is 6.92 Å². The highest BCUT2D eigenvalue weighted by molar-refractivity contribution is 6.18. The Bertz CT molecular complexity index is 138. The van der Waals surface area contributed by atoms with Gasteiger partial charge in [0, 0.05) is 5.88 Å². The third-order valence-corrected chi connectivity index (χ3v) is 3.68. The smallest absolute Gasteiger partial charge is 0.0568 e. The second kappa shape index (κ2) is 5.87. The zero-order valence-electron chi connectivity index (χ0n) is 8.51. The SMILES string of the molecule is CC(CCl)CCCC1CCCC1O. The topological polar surface area (TPSA) is 20.2 Å². The first-order chi connectivity index (χ1) is 6.24. The van der Waals surface area contributed by atoms with Gasteiger partial charge in [0.2, 0.25) is 0 Å². The lowest BCUT2D eigenvalue weighted by Gasteiger charge is -2.14. The van der Waals surface area contributed by atoms with Gasteiger partial charge in [-0.25, -0.2) is 0 Å². The minimum atomic E-state index is -0.00805. The monoisotopic (exact) mass is 204 g/mol. The van der Waals surface area contributed by atoms with E-state index in [0.29, 0.717) is 11.8 Å². The van der Waals surface area contributed by atoms with E-state index >= 15 is 0 Å². The summed E-state index contributed by atoms with van der Waals surface area (Å²) in [6.45, 7) is 2.19. The average Bonchev–Trinajstić information content (AvgIpc) is 2.52. The molecule has 3 atom stereocenters. The summed E-state index contributed by atoms with van der Waals surface area (Å²) < 4.78 is 0. The van der Waals surface area contributed by atoms with Crippen LogP contribution in [-0.2, 0) is 0 Å². The summed E-state index contributed by atoms with van der Waals surface area (Å²) in [6.07, 6.45) is 7.11. The Hall–Kier alpha value is 0.250. The maximum atomic E-state index is 9.59. The van der Waals surface area contributed by atoms with Crippen LogP contribution < -0.4 is 0 Å². The van der Waals surface area contributed by atoms with Gasteiger partial charge in [0.1, 0.15) is 0 Å². The molecule has 78 valence electrons. The first kappa shape index (κ1) is 11.3. The van der Waals surface area contributed by atoms with Crippen molar-refractivity contribution in [3.05, 3.63) is 0 Å². The van der Waals surface area contributed by atoms with Gasteiger partial charge in [-0.1, -0.05) is 19.8 Å². The van der Waals surface area contributed by atoms with Gasteiger partial charge in [0.05, 0.1) is 6.10 Å². The van der Waals surface area contributed by atoms with E-state index in [0.717, 1.165) is 12.3 Å². The zero-order chi connectivity index (χ0) is 9.68. The molecule has 2 heteroatoms. The Balaban J connectivity index is 2.05. The highest BCUT2D eigenvalue weighted by Crippen LogP contribution is 2.30. The van der Waals surface area contributed by atoms with Gasteiger partial charge >= 0.3 is 0 Å². The Kier molecular flexibility index (Phi) is 5.12. The Labute approximate surface area is 86.5 Å². The number of aliphatic hydroxyl groups excluding tert-OH is 1. The largest absolute Gasteiger partial charge is 0.393 e. The van der Waals surface area contributed by atoms with E-state index in [9.17, 15) is 5.11 Å². The molecule has 1 saturated carbocycles. The van der Waals surface area contributed by atoms with E-state index in [-0.39, 0.29) is 6.10 Å². The lowest BCUT2D eigenvalue weighted by molar-refractivity contribution is 0.126. The minimum Gasteiger partial charge on any atom is -0.393 e. The molecule has 0 spiro atoms. The van der Waals surface area contributed by atoms with E-state index in [1.165, 1.54) is 32.1 Å². The summed E-state index contributed by atoms with van der Waals surface area (Å²) in [4.78, 5) is 0. The molecule has 0 aliphatic heterocycles. The quantitative estimate of drug-likeness (QED) is 0.682. The van der Waals surface area contributed by atoms with Crippen molar-refractivity contribution in [1.29, 1.82) is 0 Å². The molecular weight excluding hydrogens is 184 g/mol. The van der Waals surface area contributed by atoms with Crippen molar-refractivity contribution in [3.63, 3.8) is 0 Å². The van der Waals surface area contributed by atoms with Gasteiger partial charge in [-0.15, -0.1) is 11.6 Å². The number of rotatable bonds is 5. The summed E-state index contributed by atoms with van der Waals surface area (Å²) in [6, 6.07) is 0. The summed E-state index contributed by atoms with van der Waals surface area (Å²) in [5.41, 5.74) is 0. The van der Waals surface area contributed by atoms with E-state index < -0.39 is 0 Å². The van der Waals surface area contributed by atoms with Crippen molar-refractivity contribution in [3.8, 4) is 0 Å². The predicted molar refractivity (Wildman–Crippen MR) is 57.1 cm³/mol. The second-order valence-corrected chi connectivity index (χ2v) is 4.76. The molecule has 0 aromatic rings. The van der Waals surface area contributed by atoms with Crippen LogP contribution in [-0.4, -0.2) is 17.1 Å². The molecular formula is C11H21ClO. The molecule has 1 nitrogen and oxygen atoms in total. The normalized spacial score (nSPS) is 30.7. The summed E-state index contributed by atoms with van der Waals surface area (Å²) in [5.74, 6) is 2.00. The summed E-state index contributed by atoms with van der Waals surface area (Å²) in [7, 11) is 0. The van der Waals surface area contributed by atoms with Crippen LogP contribution in [0.25, 0.3) is 0 Å². The van der Waals surface area contributed by atoms with Crippen LogP contribution in [0.15, 0.2) is 0 Å². The van der Waals surface area contributed by atoms with Gasteiger partial charge in [0.15, 0.2) is 0 Å². The van der Waals surface area contributed by atoms with Gasteiger partial charge in [-0.2, -0.15) is 0 Å². The molecule has 0 heterocycles. The van der Waals surface area contributed by atoms with E-state index in [1.54, 1.807) is 0 Å². The first-order valence-corrected chi connectivity index (χ1v) is 6.01. The van der Waals surface area contributed by atoms with Crippen LogP contribution in [0.4, 0.5) is 0 Å². The molecule has 1 rings (SSSR count). The Morgan fingerprint density at radius 1 is 1.46 bits per heavy atom. The summed E-state index contributed by atoms with van der Waals surface area (Å²) in [5, 5.41) is 9.59. The lowest BCUT2D eigenvalue weighted by Crippen LogP contribution is -2.13. The predicted octanol–water partition coefficient (Wildman–Crippen LogP) is 3.19. The third-order valence-electron chi connectivity index (χ3n) is 3.15. The molecule has 0 aromatic heterocycles. The van der Waals surface area contributed by atoms with Crippen LogP contribution in [0.1, 0.15) is 45.4 Å². The second-order valence-electron chi connectivity index (χ2n) is 4.45. The maximum Gasteiger partial charge on any atom is 0.0568 e. The third kappa shape index (κ3) is 3.86.